The van der Waals surface area contributed by atoms with E-state index in [0.29, 0.717) is 19.3 Å². The van der Waals surface area contributed by atoms with Crippen molar-refractivity contribution in [3.63, 3.8) is 0 Å². The molecule has 0 saturated carbocycles. The van der Waals surface area contributed by atoms with E-state index >= 15 is 0 Å². The number of hydrogen-bond acceptors (Lipinski definition) is 6. The van der Waals surface area contributed by atoms with Gasteiger partial charge in [-0.25, -0.2) is 0 Å². The van der Waals surface area contributed by atoms with Crippen LogP contribution >= 0.6 is 0 Å². The summed E-state index contributed by atoms with van der Waals surface area (Å²) in [5, 5.41) is 0. The molecule has 54 heavy (non-hydrogen) atoms. The highest BCUT2D eigenvalue weighted by Gasteiger charge is 2.19. The van der Waals surface area contributed by atoms with Crippen molar-refractivity contribution in [2.75, 3.05) is 13.2 Å². The first-order chi connectivity index (χ1) is 26.1. The molecule has 0 aromatic heterocycles. The topological polar surface area (TPSA) is 78.9 Å². The van der Waals surface area contributed by atoms with E-state index in [2.05, 4.69) is 41.5 Å². The maximum absolute atomic E-state index is 12.7. The molecular weight excluding hydrogens is 673 g/mol. The van der Waals surface area contributed by atoms with Gasteiger partial charge in [0, 0.05) is 19.3 Å². The Bertz CT molecular complexity index is 837. The van der Waals surface area contributed by atoms with Crippen molar-refractivity contribution >= 4 is 17.9 Å². The lowest BCUT2D eigenvalue weighted by molar-refractivity contribution is -0.167. The SMILES string of the molecule is CC(C)CCCCCCCCCCCCCCC(=O)O[C@@H](COC(=O)CCCCCCCCCCCC(C)C)COC(=O)CCCCCCCCC(C)C. The highest BCUT2D eigenvalue weighted by Crippen LogP contribution is 2.17. The van der Waals surface area contributed by atoms with Crippen LogP contribution in [0, 0.1) is 17.8 Å². The minimum atomic E-state index is -0.762. The summed E-state index contributed by atoms with van der Waals surface area (Å²) in [5.74, 6) is 1.54. The Balaban J connectivity index is 4.31. The minimum absolute atomic E-state index is 0.0665. The van der Waals surface area contributed by atoms with Gasteiger partial charge in [0.05, 0.1) is 0 Å². The third-order valence-electron chi connectivity index (χ3n) is 10.6. The lowest BCUT2D eigenvalue weighted by atomic mass is 10.0. The predicted molar refractivity (Wildman–Crippen MR) is 229 cm³/mol. The lowest BCUT2D eigenvalue weighted by Gasteiger charge is -2.18. The molecule has 0 aromatic rings. The molecule has 1 atom stereocenters. The molecule has 0 spiro atoms. The Labute approximate surface area is 336 Å². The average molecular weight is 765 g/mol. The van der Waals surface area contributed by atoms with Gasteiger partial charge in [-0.3, -0.25) is 14.4 Å². The number of carbonyl (C=O) groups is 3. The number of unbranched alkanes of at least 4 members (excludes halogenated alkanes) is 24. The normalized spacial score (nSPS) is 12.2. The van der Waals surface area contributed by atoms with Crippen LogP contribution in [0.3, 0.4) is 0 Å². The van der Waals surface area contributed by atoms with E-state index in [-0.39, 0.29) is 31.1 Å². The molecule has 6 heteroatoms. The Morgan fingerprint density at radius 2 is 0.537 bits per heavy atom. The summed E-state index contributed by atoms with van der Waals surface area (Å²) in [6, 6.07) is 0. The van der Waals surface area contributed by atoms with Crippen LogP contribution in [0.25, 0.3) is 0 Å². The highest BCUT2D eigenvalue weighted by atomic mass is 16.6. The van der Waals surface area contributed by atoms with Crippen LogP contribution in [0.1, 0.15) is 253 Å². The minimum Gasteiger partial charge on any atom is -0.462 e. The second-order valence-corrected chi connectivity index (χ2v) is 17.8. The summed E-state index contributed by atoms with van der Waals surface area (Å²) in [6.45, 7) is 13.6. The monoisotopic (exact) mass is 765 g/mol. The number of ether oxygens (including phenoxy) is 3. The molecule has 0 N–H and O–H groups in total. The van der Waals surface area contributed by atoms with E-state index < -0.39 is 6.10 Å². The van der Waals surface area contributed by atoms with Crippen LogP contribution in [-0.2, 0) is 28.6 Å². The summed E-state index contributed by atoms with van der Waals surface area (Å²) in [4.78, 5) is 37.7. The fraction of sp³-hybridized carbons (Fsp3) is 0.938. The van der Waals surface area contributed by atoms with E-state index in [1.54, 1.807) is 0 Å². The van der Waals surface area contributed by atoms with Gasteiger partial charge in [0.25, 0.3) is 0 Å². The van der Waals surface area contributed by atoms with Gasteiger partial charge in [-0.1, -0.05) is 215 Å². The predicted octanol–water partition coefficient (Wildman–Crippen LogP) is 14.8. The van der Waals surface area contributed by atoms with E-state index in [0.717, 1.165) is 75.5 Å². The van der Waals surface area contributed by atoms with Crippen LogP contribution in [0.4, 0.5) is 0 Å². The number of esters is 3. The Morgan fingerprint density at radius 3 is 0.796 bits per heavy atom. The molecule has 0 bridgehead atoms. The highest BCUT2D eigenvalue weighted by molar-refractivity contribution is 5.71. The van der Waals surface area contributed by atoms with Crippen LogP contribution in [-0.4, -0.2) is 37.2 Å². The molecule has 0 unspecified atom stereocenters. The smallest absolute Gasteiger partial charge is 0.306 e. The summed E-state index contributed by atoms with van der Waals surface area (Å²) < 4.78 is 16.7. The number of carbonyl (C=O) groups excluding carboxylic acids is 3. The van der Waals surface area contributed by atoms with E-state index in [1.807, 2.05) is 0 Å². The number of hydrogen-bond donors (Lipinski definition) is 0. The second kappa shape index (κ2) is 39.6. The van der Waals surface area contributed by atoms with Crippen molar-refractivity contribution in [3.8, 4) is 0 Å². The van der Waals surface area contributed by atoms with Crippen LogP contribution < -0.4 is 0 Å². The summed E-state index contributed by atoms with van der Waals surface area (Å²) in [7, 11) is 0. The quantitative estimate of drug-likeness (QED) is 0.0350. The molecule has 0 aliphatic carbocycles. The zero-order chi connectivity index (χ0) is 39.9. The molecular formula is C48H92O6. The molecule has 0 radical (unpaired) electrons. The lowest BCUT2D eigenvalue weighted by Crippen LogP contribution is -2.30. The van der Waals surface area contributed by atoms with Gasteiger partial charge < -0.3 is 14.2 Å². The zero-order valence-electron chi connectivity index (χ0n) is 37.0. The molecule has 0 aliphatic rings. The summed E-state index contributed by atoms with van der Waals surface area (Å²) in [5.41, 5.74) is 0. The van der Waals surface area contributed by atoms with E-state index in [4.69, 9.17) is 14.2 Å². The first-order valence-electron chi connectivity index (χ1n) is 23.6. The van der Waals surface area contributed by atoms with Gasteiger partial charge in [0.2, 0.25) is 0 Å². The van der Waals surface area contributed by atoms with Crippen molar-refractivity contribution in [1.29, 1.82) is 0 Å². The van der Waals surface area contributed by atoms with Crippen molar-refractivity contribution in [1.82, 2.24) is 0 Å². The molecule has 320 valence electrons. The maximum atomic E-state index is 12.7. The van der Waals surface area contributed by atoms with Crippen LogP contribution in [0.15, 0.2) is 0 Å². The van der Waals surface area contributed by atoms with Gasteiger partial charge in [-0.05, 0) is 37.0 Å². The third kappa shape index (κ3) is 41.6. The first-order valence-corrected chi connectivity index (χ1v) is 23.6. The molecule has 0 fully saturated rings. The van der Waals surface area contributed by atoms with Crippen molar-refractivity contribution in [2.45, 2.75) is 260 Å². The molecule has 0 amide bonds. The molecule has 0 aliphatic heterocycles. The largest absolute Gasteiger partial charge is 0.462 e. The van der Waals surface area contributed by atoms with Crippen molar-refractivity contribution in [3.05, 3.63) is 0 Å². The van der Waals surface area contributed by atoms with Gasteiger partial charge >= 0.3 is 17.9 Å². The molecule has 0 rings (SSSR count). The van der Waals surface area contributed by atoms with E-state index in [1.165, 1.54) is 135 Å². The summed E-state index contributed by atoms with van der Waals surface area (Å²) in [6.07, 6.45) is 36.7. The Morgan fingerprint density at radius 1 is 0.315 bits per heavy atom. The second-order valence-electron chi connectivity index (χ2n) is 17.8. The van der Waals surface area contributed by atoms with Gasteiger partial charge in [-0.15, -0.1) is 0 Å². The van der Waals surface area contributed by atoms with Crippen LogP contribution in [0.2, 0.25) is 0 Å². The van der Waals surface area contributed by atoms with Gasteiger partial charge in [0.1, 0.15) is 13.2 Å². The zero-order valence-corrected chi connectivity index (χ0v) is 37.0. The van der Waals surface area contributed by atoms with Crippen LogP contribution in [0.5, 0.6) is 0 Å². The fourth-order valence-corrected chi connectivity index (χ4v) is 7.06. The summed E-state index contributed by atoms with van der Waals surface area (Å²) >= 11 is 0. The third-order valence-corrected chi connectivity index (χ3v) is 10.6. The van der Waals surface area contributed by atoms with Gasteiger partial charge in [-0.2, -0.15) is 0 Å². The average Bonchev–Trinajstić information content (AvgIpc) is 3.12. The Kier molecular flexibility index (Phi) is 38.5. The maximum Gasteiger partial charge on any atom is 0.306 e. The van der Waals surface area contributed by atoms with E-state index in [9.17, 15) is 14.4 Å². The molecule has 6 nitrogen and oxygen atoms in total. The van der Waals surface area contributed by atoms with Crippen molar-refractivity contribution < 1.29 is 28.6 Å². The van der Waals surface area contributed by atoms with Gasteiger partial charge in [0.15, 0.2) is 6.10 Å². The first kappa shape index (κ1) is 52.4. The standard InChI is InChI=1S/C48H92O6/c1-42(2)34-28-22-16-12-9-7-8-10-14-19-27-33-39-48(51)54-45(41-53-47(50)38-32-26-21-20-24-30-36-44(5)6)40-52-46(49)37-31-25-18-15-11-13-17-23-29-35-43(3)4/h42-45H,7-41H2,1-6H3/t45-/m0/s1. The fourth-order valence-electron chi connectivity index (χ4n) is 7.06. The molecule has 0 heterocycles. The molecule has 0 aromatic carbocycles. The van der Waals surface area contributed by atoms with Crippen molar-refractivity contribution in [2.24, 2.45) is 17.8 Å². The molecule has 0 saturated heterocycles. The Hall–Kier alpha value is -1.59. The number of rotatable bonds is 41.